The highest BCUT2D eigenvalue weighted by Gasteiger charge is 2.25. The van der Waals surface area contributed by atoms with Gasteiger partial charge in [-0.3, -0.25) is 9.59 Å². The molecule has 7 nitrogen and oxygen atoms in total. The van der Waals surface area contributed by atoms with E-state index in [1.807, 2.05) is 0 Å². The Morgan fingerprint density at radius 1 is 1.43 bits per heavy atom. The Morgan fingerprint density at radius 2 is 2.05 bits per heavy atom. The number of rotatable bonds is 3. The molecule has 0 saturated carbocycles. The molecule has 0 spiro atoms. The zero-order valence-electron chi connectivity index (χ0n) is 11.4. The molecule has 1 aliphatic heterocycles. The van der Waals surface area contributed by atoms with Crippen LogP contribution in [0.3, 0.4) is 0 Å². The lowest BCUT2D eigenvalue weighted by Gasteiger charge is -2.31. The summed E-state index contributed by atoms with van der Waals surface area (Å²) in [5.74, 6) is -0.0104. The zero-order chi connectivity index (χ0) is 15.6. The second kappa shape index (κ2) is 6.17. The number of aromatic amines is 1. The second-order valence-corrected chi connectivity index (χ2v) is 7.04. The van der Waals surface area contributed by atoms with Gasteiger partial charge in [0.05, 0.1) is 4.90 Å². The van der Waals surface area contributed by atoms with Crippen LogP contribution in [-0.4, -0.2) is 43.3 Å². The van der Waals surface area contributed by atoms with Gasteiger partial charge in [0.25, 0.3) is 5.56 Å². The van der Waals surface area contributed by atoms with Crippen molar-refractivity contribution < 1.29 is 13.2 Å². The van der Waals surface area contributed by atoms with E-state index >= 15 is 0 Å². The summed E-state index contributed by atoms with van der Waals surface area (Å²) < 4.78 is 27.0. The quantitative estimate of drug-likeness (QED) is 0.832. The second-order valence-electron chi connectivity index (χ2n) is 4.91. The molecular weight excluding hydrogens is 318 g/mol. The molecule has 0 radical (unpaired) electrons. The first kappa shape index (κ1) is 16.0. The van der Waals surface area contributed by atoms with Crippen molar-refractivity contribution in [2.75, 3.05) is 13.1 Å². The number of carbonyl (C=O) groups is 1. The van der Waals surface area contributed by atoms with Crippen molar-refractivity contribution in [3.63, 3.8) is 0 Å². The number of nitrogens with one attached hydrogen (secondary N) is 2. The molecule has 1 aliphatic rings. The van der Waals surface area contributed by atoms with Crippen molar-refractivity contribution in [2.24, 2.45) is 0 Å². The first-order valence-corrected chi connectivity index (χ1v) is 8.32. The Morgan fingerprint density at radius 3 is 2.57 bits per heavy atom. The van der Waals surface area contributed by atoms with Gasteiger partial charge in [-0.1, -0.05) is 11.6 Å². The van der Waals surface area contributed by atoms with Crippen LogP contribution in [0.5, 0.6) is 0 Å². The van der Waals surface area contributed by atoms with Gasteiger partial charge in [0.15, 0.2) is 0 Å². The third-order valence-electron chi connectivity index (χ3n) is 3.40. The lowest BCUT2D eigenvalue weighted by atomic mass is 10.1. The van der Waals surface area contributed by atoms with E-state index in [0.29, 0.717) is 25.9 Å². The predicted octanol–water partition coefficient (Wildman–Crippen LogP) is 0.317. The lowest BCUT2D eigenvalue weighted by molar-refractivity contribution is -0.129. The average molecular weight is 334 g/mol. The summed E-state index contributed by atoms with van der Waals surface area (Å²) in [6, 6.07) is 0.879. The molecule has 9 heteroatoms. The van der Waals surface area contributed by atoms with Crippen LogP contribution in [0.1, 0.15) is 19.8 Å². The van der Waals surface area contributed by atoms with Crippen LogP contribution in [0, 0.1) is 0 Å². The summed E-state index contributed by atoms with van der Waals surface area (Å²) >= 11 is 5.64. The first-order valence-electron chi connectivity index (χ1n) is 6.45. The minimum atomic E-state index is -3.74. The maximum absolute atomic E-state index is 12.2. The number of aromatic nitrogens is 1. The van der Waals surface area contributed by atoms with E-state index in [2.05, 4.69) is 9.71 Å². The molecule has 0 aliphatic carbocycles. The van der Waals surface area contributed by atoms with Gasteiger partial charge in [0.2, 0.25) is 15.9 Å². The molecule has 1 saturated heterocycles. The Labute approximate surface area is 127 Å². The Balaban J connectivity index is 2.06. The van der Waals surface area contributed by atoms with Crippen LogP contribution in [0.4, 0.5) is 0 Å². The molecule has 1 aromatic heterocycles. The number of H-pyrrole nitrogens is 1. The molecule has 2 rings (SSSR count). The molecule has 0 atom stereocenters. The number of likely N-dealkylation sites (tertiary alicyclic amines) is 1. The summed E-state index contributed by atoms with van der Waals surface area (Å²) in [4.78, 5) is 26.2. The summed E-state index contributed by atoms with van der Waals surface area (Å²) in [6.07, 6.45) is 2.22. The van der Waals surface area contributed by atoms with E-state index in [9.17, 15) is 18.0 Å². The molecule has 0 bridgehead atoms. The monoisotopic (exact) mass is 333 g/mol. The number of carbonyl (C=O) groups excluding carboxylic acids is 1. The van der Waals surface area contributed by atoms with Gasteiger partial charge < -0.3 is 9.88 Å². The van der Waals surface area contributed by atoms with Crippen LogP contribution < -0.4 is 10.3 Å². The fourth-order valence-corrected chi connectivity index (χ4v) is 3.73. The van der Waals surface area contributed by atoms with Gasteiger partial charge in [-0.25, -0.2) is 13.1 Å². The maximum atomic E-state index is 12.2. The zero-order valence-corrected chi connectivity index (χ0v) is 13.0. The van der Waals surface area contributed by atoms with Crippen molar-refractivity contribution in [1.29, 1.82) is 0 Å². The SMILES string of the molecule is CC(=O)N1CCC(NS(=O)(=O)c2c[nH]c(=O)c(Cl)c2)CC1. The predicted molar refractivity (Wildman–Crippen MR) is 77.7 cm³/mol. The van der Waals surface area contributed by atoms with Gasteiger partial charge >= 0.3 is 0 Å². The molecule has 1 fully saturated rings. The highest BCUT2D eigenvalue weighted by molar-refractivity contribution is 7.89. The lowest BCUT2D eigenvalue weighted by Crippen LogP contribution is -2.45. The van der Waals surface area contributed by atoms with Crippen molar-refractivity contribution in [2.45, 2.75) is 30.7 Å². The number of piperidine rings is 1. The van der Waals surface area contributed by atoms with E-state index in [1.165, 1.54) is 6.92 Å². The highest BCUT2D eigenvalue weighted by atomic mass is 35.5. The fraction of sp³-hybridized carbons (Fsp3) is 0.500. The van der Waals surface area contributed by atoms with Gasteiger partial charge in [-0.15, -0.1) is 0 Å². The van der Waals surface area contributed by atoms with E-state index in [0.717, 1.165) is 12.3 Å². The minimum absolute atomic E-state index is 0.0104. The van der Waals surface area contributed by atoms with Crippen LogP contribution in [-0.2, 0) is 14.8 Å². The smallest absolute Gasteiger partial charge is 0.266 e. The van der Waals surface area contributed by atoms with Crippen molar-refractivity contribution in [3.05, 3.63) is 27.6 Å². The summed E-state index contributed by atoms with van der Waals surface area (Å²) in [6.45, 7) is 2.54. The minimum Gasteiger partial charge on any atom is -0.343 e. The molecule has 21 heavy (non-hydrogen) atoms. The molecule has 0 unspecified atom stereocenters. The maximum Gasteiger partial charge on any atom is 0.266 e. The third kappa shape index (κ3) is 3.84. The molecule has 1 amide bonds. The summed E-state index contributed by atoms with van der Waals surface area (Å²) in [7, 11) is -3.74. The number of sulfonamides is 1. The molecule has 116 valence electrons. The largest absolute Gasteiger partial charge is 0.343 e. The Hall–Kier alpha value is -1.38. The van der Waals surface area contributed by atoms with Crippen LogP contribution >= 0.6 is 11.6 Å². The number of amides is 1. The third-order valence-corrected chi connectivity index (χ3v) is 5.18. The van der Waals surface area contributed by atoms with Gasteiger partial charge in [-0.05, 0) is 18.9 Å². The van der Waals surface area contributed by atoms with Crippen LogP contribution in [0.25, 0.3) is 0 Å². The van der Waals surface area contributed by atoms with Crippen LogP contribution in [0.2, 0.25) is 5.02 Å². The number of halogens is 1. The number of hydrogen-bond acceptors (Lipinski definition) is 4. The topological polar surface area (TPSA) is 99.3 Å². The van der Waals surface area contributed by atoms with Crippen molar-refractivity contribution in [1.82, 2.24) is 14.6 Å². The van der Waals surface area contributed by atoms with E-state index in [-0.39, 0.29) is 21.9 Å². The number of hydrogen-bond donors (Lipinski definition) is 2. The number of pyridine rings is 1. The standard InChI is InChI=1S/C12H16ClN3O4S/c1-8(17)16-4-2-9(3-5-16)15-21(19,20)10-6-11(13)12(18)14-7-10/h6-7,9,15H,2-5H2,1H3,(H,14,18). The van der Waals surface area contributed by atoms with Crippen LogP contribution in [0.15, 0.2) is 22.0 Å². The Kier molecular flexibility index (Phi) is 4.70. The van der Waals surface area contributed by atoms with E-state index in [1.54, 1.807) is 4.90 Å². The van der Waals surface area contributed by atoms with E-state index < -0.39 is 15.6 Å². The van der Waals surface area contributed by atoms with Crippen molar-refractivity contribution >= 4 is 27.5 Å². The summed E-state index contributed by atoms with van der Waals surface area (Å²) in [5, 5.41) is -0.177. The molecule has 2 N–H and O–H groups in total. The first-order chi connectivity index (χ1) is 9.79. The van der Waals surface area contributed by atoms with E-state index in [4.69, 9.17) is 11.6 Å². The highest BCUT2D eigenvalue weighted by Crippen LogP contribution is 2.15. The van der Waals surface area contributed by atoms with Gasteiger partial charge in [0.1, 0.15) is 5.02 Å². The normalized spacial score (nSPS) is 17.0. The van der Waals surface area contributed by atoms with Gasteiger partial charge in [-0.2, -0.15) is 0 Å². The van der Waals surface area contributed by atoms with Crippen molar-refractivity contribution in [3.8, 4) is 0 Å². The number of nitrogens with zero attached hydrogens (tertiary/aromatic N) is 1. The molecule has 2 heterocycles. The average Bonchev–Trinajstić information content (AvgIpc) is 2.42. The summed E-state index contributed by atoms with van der Waals surface area (Å²) in [5.41, 5.74) is -0.537. The fourth-order valence-electron chi connectivity index (χ4n) is 2.19. The molecule has 1 aromatic rings. The van der Waals surface area contributed by atoms with Gasteiger partial charge in [0, 0.05) is 32.3 Å². The molecule has 0 aromatic carbocycles. The molecular formula is C12H16ClN3O4S. The Bertz CT molecular complexity index is 693.